The molecule has 1 N–H and O–H groups in total. The van der Waals surface area contributed by atoms with Gasteiger partial charge in [-0.05, 0) is 25.5 Å². The van der Waals surface area contributed by atoms with E-state index in [0.717, 1.165) is 12.1 Å². The van der Waals surface area contributed by atoms with Crippen molar-refractivity contribution in [3.63, 3.8) is 0 Å². The number of hydrogen-bond acceptors (Lipinski definition) is 3. The molecule has 1 heterocycles. The summed E-state index contributed by atoms with van der Waals surface area (Å²) in [7, 11) is 0. The van der Waals surface area contributed by atoms with Crippen LogP contribution in [0.15, 0.2) is 24.4 Å². The Kier molecular flexibility index (Phi) is 5.15. The number of rotatable bonds is 5. The second-order valence-electron chi connectivity index (χ2n) is 3.96. The van der Waals surface area contributed by atoms with E-state index in [2.05, 4.69) is 10.3 Å². The third-order valence-electron chi connectivity index (χ3n) is 2.54. The Morgan fingerprint density at radius 3 is 2.88 bits per heavy atom. The third-order valence-corrected chi connectivity index (χ3v) is 2.54. The summed E-state index contributed by atoms with van der Waals surface area (Å²) in [6.45, 7) is 3.82. The lowest BCUT2D eigenvalue weighted by molar-refractivity contribution is -0.124. The maximum Gasteiger partial charge on any atom is 0.237 e. The first-order valence-electron chi connectivity index (χ1n) is 5.80. The van der Waals surface area contributed by atoms with Crippen LogP contribution in [0.25, 0.3) is 0 Å². The highest BCUT2D eigenvalue weighted by atomic mass is 16.1. The molecule has 90 valence electrons. The SMILES string of the molecule is CCCC(C#N)C(=O)NC(C)c1ccccn1. The van der Waals surface area contributed by atoms with Gasteiger partial charge >= 0.3 is 0 Å². The predicted octanol–water partition coefficient (Wildman–Crippen LogP) is 2.20. The van der Waals surface area contributed by atoms with Crippen molar-refractivity contribution >= 4 is 5.91 Å². The number of hydrogen-bond donors (Lipinski definition) is 1. The third kappa shape index (κ3) is 3.87. The van der Waals surface area contributed by atoms with Gasteiger partial charge in [0.05, 0.1) is 17.8 Å². The van der Waals surface area contributed by atoms with Crippen molar-refractivity contribution < 1.29 is 4.79 Å². The molecule has 0 radical (unpaired) electrons. The fraction of sp³-hybridized carbons (Fsp3) is 0.462. The molecule has 1 aromatic rings. The zero-order valence-electron chi connectivity index (χ0n) is 10.2. The van der Waals surface area contributed by atoms with Crippen molar-refractivity contribution in [3.05, 3.63) is 30.1 Å². The molecule has 0 aromatic carbocycles. The summed E-state index contributed by atoms with van der Waals surface area (Å²) in [6.07, 6.45) is 3.10. The summed E-state index contributed by atoms with van der Waals surface area (Å²) in [4.78, 5) is 16.0. The van der Waals surface area contributed by atoms with Crippen LogP contribution in [-0.4, -0.2) is 10.9 Å². The molecule has 1 aromatic heterocycles. The van der Waals surface area contributed by atoms with E-state index in [1.165, 1.54) is 0 Å². The normalized spacial score (nSPS) is 13.5. The minimum atomic E-state index is -0.564. The van der Waals surface area contributed by atoms with Gasteiger partial charge < -0.3 is 5.32 Å². The minimum absolute atomic E-state index is 0.170. The van der Waals surface area contributed by atoms with Gasteiger partial charge in [-0.1, -0.05) is 19.4 Å². The smallest absolute Gasteiger partial charge is 0.237 e. The molecule has 0 aliphatic carbocycles. The van der Waals surface area contributed by atoms with Gasteiger partial charge in [0, 0.05) is 6.20 Å². The highest BCUT2D eigenvalue weighted by Crippen LogP contribution is 2.11. The number of nitrogens with one attached hydrogen (secondary N) is 1. The molecule has 2 atom stereocenters. The number of carbonyl (C=O) groups excluding carboxylic acids is 1. The van der Waals surface area contributed by atoms with Crippen LogP contribution in [-0.2, 0) is 4.79 Å². The molecule has 0 spiro atoms. The summed E-state index contributed by atoms with van der Waals surface area (Å²) in [5.41, 5.74) is 0.800. The average Bonchev–Trinajstić information content (AvgIpc) is 2.36. The molecular weight excluding hydrogens is 214 g/mol. The molecule has 17 heavy (non-hydrogen) atoms. The van der Waals surface area contributed by atoms with Crippen molar-refractivity contribution in [2.45, 2.75) is 32.7 Å². The van der Waals surface area contributed by atoms with Crippen molar-refractivity contribution in [1.82, 2.24) is 10.3 Å². The molecule has 0 fully saturated rings. The van der Waals surface area contributed by atoms with E-state index in [0.29, 0.717) is 6.42 Å². The highest BCUT2D eigenvalue weighted by molar-refractivity contribution is 5.81. The number of nitriles is 1. The first kappa shape index (κ1) is 13.2. The number of pyridine rings is 1. The molecule has 4 nitrogen and oxygen atoms in total. The summed E-state index contributed by atoms with van der Waals surface area (Å²) >= 11 is 0. The molecule has 0 saturated heterocycles. The van der Waals surface area contributed by atoms with Crippen LogP contribution in [0, 0.1) is 17.2 Å². The molecular formula is C13H17N3O. The van der Waals surface area contributed by atoms with E-state index in [1.54, 1.807) is 6.20 Å². The summed E-state index contributed by atoms with van der Waals surface area (Å²) in [5.74, 6) is -0.779. The largest absolute Gasteiger partial charge is 0.347 e. The van der Waals surface area contributed by atoms with E-state index in [4.69, 9.17) is 5.26 Å². The second-order valence-corrected chi connectivity index (χ2v) is 3.96. The van der Waals surface area contributed by atoms with Crippen molar-refractivity contribution in [2.24, 2.45) is 5.92 Å². The first-order chi connectivity index (χ1) is 8.19. The topological polar surface area (TPSA) is 65.8 Å². The minimum Gasteiger partial charge on any atom is -0.347 e. The van der Waals surface area contributed by atoms with Crippen molar-refractivity contribution in [3.8, 4) is 6.07 Å². The van der Waals surface area contributed by atoms with Gasteiger partial charge in [-0.15, -0.1) is 0 Å². The van der Waals surface area contributed by atoms with Crippen LogP contribution in [0.1, 0.15) is 38.4 Å². The van der Waals surface area contributed by atoms with Crippen molar-refractivity contribution in [2.75, 3.05) is 0 Å². The van der Waals surface area contributed by atoms with Crippen LogP contribution in [0.5, 0.6) is 0 Å². The van der Waals surface area contributed by atoms with Crippen LogP contribution in [0.3, 0.4) is 0 Å². The molecule has 1 amide bonds. The highest BCUT2D eigenvalue weighted by Gasteiger charge is 2.19. The van der Waals surface area contributed by atoms with E-state index >= 15 is 0 Å². The van der Waals surface area contributed by atoms with E-state index in [1.807, 2.05) is 38.1 Å². The second kappa shape index (κ2) is 6.64. The van der Waals surface area contributed by atoms with Gasteiger partial charge in [-0.25, -0.2) is 0 Å². The number of nitrogens with zero attached hydrogens (tertiary/aromatic N) is 2. The number of amides is 1. The van der Waals surface area contributed by atoms with Gasteiger partial charge in [-0.3, -0.25) is 9.78 Å². The van der Waals surface area contributed by atoms with E-state index < -0.39 is 5.92 Å². The van der Waals surface area contributed by atoms with Crippen LogP contribution < -0.4 is 5.32 Å². The lowest BCUT2D eigenvalue weighted by atomic mass is 10.0. The molecule has 0 bridgehead atoms. The zero-order valence-corrected chi connectivity index (χ0v) is 10.2. The average molecular weight is 231 g/mol. The maximum atomic E-state index is 11.8. The molecule has 0 saturated carbocycles. The number of carbonyl (C=O) groups is 1. The number of aromatic nitrogens is 1. The lowest BCUT2D eigenvalue weighted by Gasteiger charge is -2.15. The standard InChI is InChI=1S/C13H17N3O/c1-3-6-11(9-14)13(17)16-10(2)12-7-4-5-8-15-12/h4-5,7-8,10-11H,3,6H2,1-2H3,(H,16,17). The van der Waals surface area contributed by atoms with Gasteiger partial charge in [0.15, 0.2) is 0 Å². The Hall–Kier alpha value is -1.89. The maximum absolute atomic E-state index is 11.8. The van der Waals surface area contributed by atoms with Crippen LogP contribution in [0.4, 0.5) is 0 Å². The molecule has 2 unspecified atom stereocenters. The fourth-order valence-electron chi connectivity index (χ4n) is 1.56. The Morgan fingerprint density at radius 2 is 2.35 bits per heavy atom. The summed E-state index contributed by atoms with van der Waals surface area (Å²) in [5, 5.41) is 11.7. The van der Waals surface area contributed by atoms with Gasteiger partial charge in [0.1, 0.15) is 5.92 Å². The van der Waals surface area contributed by atoms with Crippen LogP contribution in [0.2, 0.25) is 0 Å². The van der Waals surface area contributed by atoms with E-state index in [9.17, 15) is 4.79 Å². The zero-order chi connectivity index (χ0) is 12.7. The van der Waals surface area contributed by atoms with Crippen LogP contribution >= 0.6 is 0 Å². The predicted molar refractivity (Wildman–Crippen MR) is 64.8 cm³/mol. The molecule has 4 heteroatoms. The Bertz CT molecular complexity index is 397. The fourth-order valence-corrected chi connectivity index (χ4v) is 1.56. The van der Waals surface area contributed by atoms with Gasteiger partial charge in [0.25, 0.3) is 0 Å². The van der Waals surface area contributed by atoms with E-state index in [-0.39, 0.29) is 11.9 Å². The molecule has 0 aliphatic heterocycles. The first-order valence-corrected chi connectivity index (χ1v) is 5.80. The van der Waals surface area contributed by atoms with Crippen molar-refractivity contribution in [1.29, 1.82) is 5.26 Å². The van der Waals surface area contributed by atoms with Gasteiger partial charge in [-0.2, -0.15) is 5.26 Å². The monoisotopic (exact) mass is 231 g/mol. The Balaban J connectivity index is 2.60. The Labute approximate surface area is 102 Å². The Morgan fingerprint density at radius 1 is 1.59 bits per heavy atom. The lowest BCUT2D eigenvalue weighted by Crippen LogP contribution is -2.32. The molecule has 1 rings (SSSR count). The van der Waals surface area contributed by atoms with Gasteiger partial charge in [0.2, 0.25) is 5.91 Å². The molecule has 0 aliphatic rings. The quantitative estimate of drug-likeness (QED) is 0.844. The summed E-state index contributed by atoms with van der Waals surface area (Å²) < 4.78 is 0. The summed E-state index contributed by atoms with van der Waals surface area (Å²) in [6, 6.07) is 7.41.